The van der Waals surface area contributed by atoms with Crippen molar-refractivity contribution in [2.24, 2.45) is 0 Å². The molecule has 1 aliphatic heterocycles. The second-order valence-corrected chi connectivity index (χ2v) is 9.79. The van der Waals surface area contributed by atoms with Gasteiger partial charge in [-0.3, -0.25) is 0 Å². The number of carbonyl (C=O) groups is 1. The minimum absolute atomic E-state index is 0.102. The number of ether oxygens (including phenoxy) is 1. The molecule has 3 aromatic rings. The van der Waals surface area contributed by atoms with Crippen LogP contribution in [0.25, 0.3) is 11.1 Å². The maximum absolute atomic E-state index is 10.7. The molecule has 8 nitrogen and oxygen atoms in total. The van der Waals surface area contributed by atoms with Crippen molar-refractivity contribution in [1.29, 1.82) is 5.26 Å². The van der Waals surface area contributed by atoms with Crippen LogP contribution in [0.4, 0.5) is 10.7 Å². The summed E-state index contributed by atoms with van der Waals surface area (Å²) in [6.45, 7) is 5.52. The van der Waals surface area contributed by atoms with Crippen molar-refractivity contribution in [3.63, 3.8) is 0 Å². The van der Waals surface area contributed by atoms with E-state index in [-0.39, 0.29) is 12.6 Å². The van der Waals surface area contributed by atoms with Crippen LogP contribution in [0.3, 0.4) is 0 Å². The molecule has 10 heteroatoms. The van der Waals surface area contributed by atoms with Gasteiger partial charge in [0.15, 0.2) is 5.75 Å². The molecule has 1 aliphatic rings. The summed E-state index contributed by atoms with van der Waals surface area (Å²) in [6.07, 6.45) is 2.50. The second-order valence-electron chi connectivity index (χ2n) is 9.01. The molecule has 0 bridgehead atoms. The summed E-state index contributed by atoms with van der Waals surface area (Å²) in [5.41, 5.74) is 3.74. The Labute approximate surface area is 219 Å². The molecule has 0 radical (unpaired) electrons. The lowest BCUT2D eigenvalue weighted by Gasteiger charge is -2.38. The average Bonchev–Trinajstić information content (AvgIpc) is 2.85. The van der Waals surface area contributed by atoms with E-state index < -0.39 is 11.5 Å². The van der Waals surface area contributed by atoms with E-state index in [0.717, 1.165) is 22.3 Å². The highest BCUT2D eigenvalue weighted by atomic mass is 35.5. The quantitative estimate of drug-likeness (QED) is 0.395. The van der Waals surface area contributed by atoms with Crippen LogP contribution in [0.15, 0.2) is 48.8 Å². The molecule has 1 aromatic heterocycles. The van der Waals surface area contributed by atoms with Gasteiger partial charge in [0.1, 0.15) is 12.7 Å². The smallest absolute Gasteiger partial charge is 0.405 e. The molecule has 0 unspecified atom stereocenters. The lowest BCUT2D eigenvalue weighted by molar-refractivity contribution is 0.187. The fourth-order valence-electron chi connectivity index (χ4n) is 4.11. The average molecular weight is 526 g/mol. The Morgan fingerprint density at radius 1 is 1.19 bits per heavy atom. The lowest BCUT2D eigenvalue weighted by atomic mass is 9.77. The second kappa shape index (κ2) is 10.6. The van der Waals surface area contributed by atoms with E-state index in [1.54, 1.807) is 12.4 Å². The summed E-state index contributed by atoms with van der Waals surface area (Å²) >= 11 is 12.2. The van der Waals surface area contributed by atoms with Crippen molar-refractivity contribution in [3.8, 4) is 22.9 Å². The van der Waals surface area contributed by atoms with Gasteiger partial charge in [-0.15, -0.1) is 11.6 Å². The number of aromatic nitrogens is 2. The molecule has 1 amide bonds. The van der Waals surface area contributed by atoms with Crippen molar-refractivity contribution < 1.29 is 14.6 Å². The molecule has 0 saturated carbocycles. The largest absolute Gasteiger partial charge is 0.489 e. The number of nitriles is 1. The summed E-state index contributed by atoms with van der Waals surface area (Å²) in [5.74, 6) is 1.23. The van der Waals surface area contributed by atoms with Gasteiger partial charge in [-0.1, -0.05) is 49.7 Å². The zero-order valence-corrected chi connectivity index (χ0v) is 21.3. The molecule has 0 spiro atoms. The first-order valence-corrected chi connectivity index (χ1v) is 12.2. The van der Waals surface area contributed by atoms with Gasteiger partial charge in [0, 0.05) is 36.5 Å². The summed E-state index contributed by atoms with van der Waals surface area (Å²) < 4.78 is 5.57. The van der Waals surface area contributed by atoms with E-state index >= 15 is 0 Å². The van der Waals surface area contributed by atoms with Crippen molar-refractivity contribution >= 4 is 35.2 Å². The van der Waals surface area contributed by atoms with Crippen LogP contribution in [-0.2, 0) is 5.41 Å². The third-order valence-electron chi connectivity index (χ3n) is 6.28. The molecule has 186 valence electrons. The van der Waals surface area contributed by atoms with Crippen LogP contribution in [0.2, 0.25) is 5.02 Å². The van der Waals surface area contributed by atoms with E-state index in [9.17, 15) is 10.1 Å². The normalized spacial score (nSPS) is 13.6. The van der Waals surface area contributed by atoms with Crippen LogP contribution in [0.1, 0.15) is 30.5 Å². The van der Waals surface area contributed by atoms with E-state index in [1.165, 1.54) is 0 Å². The molecule has 2 N–H and O–H groups in total. The number of nitrogens with zero attached hydrogens (tertiary/aromatic N) is 4. The Morgan fingerprint density at radius 2 is 1.86 bits per heavy atom. The number of anilines is 1. The van der Waals surface area contributed by atoms with Gasteiger partial charge >= 0.3 is 6.09 Å². The highest BCUT2D eigenvalue weighted by Gasteiger charge is 2.30. The Kier molecular flexibility index (Phi) is 7.53. The van der Waals surface area contributed by atoms with Crippen molar-refractivity contribution in [2.75, 3.05) is 30.5 Å². The summed E-state index contributed by atoms with van der Waals surface area (Å²) in [7, 11) is 0. The van der Waals surface area contributed by atoms with Crippen LogP contribution in [0.5, 0.6) is 5.75 Å². The number of hydrogen-bond donors (Lipinski definition) is 2. The van der Waals surface area contributed by atoms with Gasteiger partial charge in [-0.05, 0) is 28.8 Å². The van der Waals surface area contributed by atoms with Gasteiger partial charge < -0.3 is 20.1 Å². The molecule has 0 atom stereocenters. The minimum Gasteiger partial charge on any atom is -0.489 e. The molecular weight excluding hydrogens is 501 g/mol. The van der Waals surface area contributed by atoms with E-state index in [2.05, 4.69) is 35.2 Å². The molecule has 4 rings (SSSR count). The Bertz CT molecular complexity index is 1280. The van der Waals surface area contributed by atoms with E-state index in [1.807, 2.05) is 41.3 Å². The van der Waals surface area contributed by atoms with Crippen LogP contribution in [0, 0.1) is 11.3 Å². The Balaban J connectivity index is 1.50. The molecule has 2 aromatic carbocycles. The minimum atomic E-state index is -1.02. The summed E-state index contributed by atoms with van der Waals surface area (Å²) in [5, 5.41) is 21.2. The molecule has 1 fully saturated rings. The number of halogens is 2. The summed E-state index contributed by atoms with van der Waals surface area (Å²) in [6, 6.07) is 13.8. The van der Waals surface area contributed by atoms with E-state index in [0.29, 0.717) is 41.3 Å². The first kappa shape index (κ1) is 25.5. The number of alkyl halides is 1. The SMILES string of the molecule is CC(C)(c1ccc(-c2cnc(N3CC(NC(=O)O)C3)nc2)cc1)c1cc(Cl)c(OCCCl)c(C#N)c1. The third-order valence-corrected chi connectivity index (χ3v) is 6.71. The van der Waals surface area contributed by atoms with E-state index in [4.69, 9.17) is 33.0 Å². The predicted molar refractivity (Wildman–Crippen MR) is 139 cm³/mol. The maximum Gasteiger partial charge on any atom is 0.405 e. The van der Waals surface area contributed by atoms with Crippen LogP contribution < -0.4 is 15.0 Å². The number of benzene rings is 2. The summed E-state index contributed by atoms with van der Waals surface area (Å²) in [4.78, 5) is 21.5. The van der Waals surface area contributed by atoms with Gasteiger partial charge in [0.05, 0.1) is 22.5 Å². The topological polar surface area (TPSA) is 111 Å². The number of hydrogen-bond acceptors (Lipinski definition) is 6. The van der Waals surface area contributed by atoms with Crippen LogP contribution >= 0.6 is 23.2 Å². The first-order valence-electron chi connectivity index (χ1n) is 11.3. The van der Waals surface area contributed by atoms with Crippen LogP contribution in [-0.4, -0.2) is 52.8 Å². The highest BCUT2D eigenvalue weighted by molar-refractivity contribution is 6.32. The number of amides is 1. The maximum atomic E-state index is 10.7. The Morgan fingerprint density at radius 3 is 2.44 bits per heavy atom. The molecular formula is C26H25Cl2N5O3. The molecule has 2 heterocycles. The first-order chi connectivity index (χ1) is 17.2. The molecule has 0 aliphatic carbocycles. The van der Waals surface area contributed by atoms with Crippen molar-refractivity contribution in [1.82, 2.24) is 15.3 Å². The number of nitrogens with one attached hydrogen (secondary N) is 1. The molecule has 1 saturated heterocycles. The van der Waals surface area contributed by atoms with Gasteiger partial charge in [0.2, 0.25) is 5.95 Å². The third kappa shape index (κ3) is 5.32. The van der Waals surface area contributed by atoms with Gasteiger partial charge in [-0.25, -0.2) is 14.8 Å². The van der Waals surface area contributed by atoms with Crippen molar-refractivity contribution in [3.05, 3.63) is 70.5 Å². The predicted octanol–water partition coefficient (Wildman–Crippen LogP) is 5.07. The fraction of sp³-hybridized carbons (Fsp3) is 0.308. The fourth-order valence-corrected chi connectivity index (χ4v) is 4.46. The monoisotopic (exact) mass is 525 g/mol. The zero-order chi connectivity index (χ0) is 25.9. The number of carboxylic acid groups (broad SMARTS) is 1. The Hall–Kier alpha value is -3.54. The van der Waals surface area contributed by atoms with Crippen molar-refractivity contribution in [2.45, 2.75) is 25.3 Å². The standard InChI is InChI=1S/C26H25Cl2N5O3/c1-26(2,20-9-17(11-29)23(22(28)10-20)36-8-7-27)19-5-3-16(4-6-19)18-12-30-24(31-13-18)33-14-21(15-33)32-25(34)35/h3-6,9-10,12-13,21,32H,7-8,14-15H2,1-2H3,(H,34,35). The number of rotatable bonds is 8. The van der Waals surface area contributed by atoms with Gasteiger partial charge in [0.25, 0.3) is 0 Å². The van der Waals surface area contributed by atoms with Gasteiger partial charge in [-0.2, -0.15) is 5.26 Å². The highest BCUT2D eigenvalue weighted by Crippen LogP contribution is 2.38. The molecule has 36 heavy (non-hydrogen) atoms. The lowest BCUT2D eigenvalue weighted by Crippen LogP contribution is -2.59. The zero-order valence-electron chi connectivity index (χ0n) is 19.8.